The van der Waals surface area contributed by atoms with Crippen LogP contribution in [0, 0.1) is 0 Å². The highest BCUT2D eigenvalue weighted by atomic mass is 16.5. The van der Waals surface area contributed by atoms with E-state index in [2.05, 4.69) is 16.5 Å². The van der Waals surface area contributed by atoms with Crippen LogP contribution in [0.25, 0.3) is 11.0 Å². The maximum atomic E-state index is 6.12. The van der Waals surface area contributed by atoms with Crippen LogP contribution in [0.2, 0.25) is 0 Å². The SMILES string of the molecule is CCOc1cccc2c1nc(N)n2C1(C)CCOC1. The van der Waals surface area contributed by atoms with Crippen LogP contribution in [0.4, 0.5) is 5.95 Å². The number of rotatable bonds is 3. The van der Waals surface area contributed by atoms with Gasteiger partial charge in [0.25, 0.3) is 0 Å². The normalized spacial score (nSPS) is 23.1. The van der Waals surface area contributed by atoms with E-state index in [9.17, 15) is 0 Å². The van der Waals surface area contributed by atoms with Crippen molar-refractivity contribution in [1.29, 1.82) is 0 Å². The first-order valence-corrected chi connectivity index (χ1v) is 6.64. The molecule has 5 nitrogen and oxygen atoms in total. The lowest BCUT2D eigenvalue weighted by atomic mass is 10.0. The Morgan fingerprint density at radius 1 is 1.53 bits per heavy atom. The summed E-state index contributed by atoms with van der Waals surface area (Å²) in [6, 6.07) is 5.94. The molecule has 1 aromatic heterocycles. The highest BCUT2D eigenvalue weighted by molar-refractivity contribution is 5.84. The average molecular weight is 261 g/mol. The maximum absolute atomic E-state index is 6.12. The minimum absolute atomic E-state index is 0.121. The molecule has 0 saturated carbocycles. The van der Waals surface area contributed by atoms with Gasteiger partial charge in [0.2, 0.25) is 5.95 Å². The summed E-state index contributed by atoms with van der Waals surface area (Å²) >= 11 is 0. The summed E-state index contributed by atoms with van der Waals surface area (Å²) in [5.41, 5.74) is 7.84. The summed E-state index contributed by atoms with van der Waals surface area (Å²) in [6.45, 7) is 6.17. The summed E-state index contributed by atoms with van der Waals surface area (Å²) in [5.74, 6) is 1.31. The molecule has 3 rings (SSSR count). The topological polar surface area (TPSA) is 62.3 Å². The molecular formula is C14H19N3O2. The molecule has 2 aromatic rings. The predicted molar refractivity (Wildman–Crippen MR) is 74.4 cm³/mol. The van der Waals surface area contributed by atoms with Gasteiger partial charge in [-0.25, -0.2) is 4.98 Å². The van der Waals surface area contributed by atoms with Crippen LogP contribution in [-0.4, -0.2) is 29.4 Å². The molecule has 5 heteroatoms. The molecule has 1 aliphatic rings. The van der Waals surface area contributed by atoms with Gasteiger partial charge in [0, 0.05) is 6.61 Å². The van der Waals surface area contributed by atoms with E-state index in [-0.39, 0.29) is 5.54 Å². The van der Waals surface area contributed by atoms with Gasteiger partial charge in [-0.1, -0.05) is 6.07 Å². The van der Waals surface area contributed by atoms with E-state index >= 15 is 0 Å². The standard InChI is InChI=1S/C14H19N3O2/c1-3-19-11-6-4-5-10-12(11)16-13(15)17(10)14(2)7-8-18-9-14/h4-6H,3,7-9H2,1-2H3,(H2,15,16). The van der Waals surface area contributed by atoms with E-state index in [0.717, 1.165) is 29.8 Å². The Morgan fingerprint density at radius 2 is 2.37 bits per heavy atom. The number of nitrogen functional groups attached to an aromatic ring is 1. The Morgan fingerprint density at radius 3 is 3.05 bits per heavy atom. The zero-order valence-electron chi connectivity index (χ0n) is 11.3. The fourth-order valence-electron chi connectivity index (χ4n) is 2.76. The number of hydrogen-bond donors (Lipinski definition) is 1. The number of hydrogen-bond acceptors (Lipinski definition) is 4. The highest BCUT2D eigenvalue weighted by Crippen LogP contribution is 2.35. The molecule has 1 aromatic carbocycles. The fraction of sp³-hybridized carbons (Fsp3) is 0.500. The minimum Gasteiger partial charge on any atom is -0.492 e. The van der Waals surface area contributed by atoms with Crippen molar-refractivity contribution >= 4 is 17.0 Å². The predicted octanol–water partition coefficient (Wildman–Crippen LogP) is 2.15. The first-order valence-electron chi connectivity index (χ1n) is 6.64. The molecule has 0 bridgehead atoms. The maximum Gasteiger partial charge on any atom is 0.201 e. The summed E-state index contributed by atoms with van der Waals surface area (Å²) < 4.78 is 13.2. The lowest BCUT2D eigenvalue weighted by molar-refractivity contribution is 0.164. The van der Waals surface area contributed by atoms with Crippen molar-refractivity contribution in [2.75, 3.05) is 25.6 Å². The number of fused-ring (bicyclic) bond motifs is 1. The number of ether oxygens (including phenoxy) is 2. The smallest absolute Gasteiger partial charge is 0.201 e. The molecule has 1 saturated heterocycles. The second kappa shape index (κ2) is 4.42. The van der Waals surface area contributed by atoms with Gasteiger partial charge in [-0.05, 0) is 32.4 Å². The van der Waals surface area contributed by atoms with Crippen LogP contribution >= 0.6 is 0 Å². The van der Waals surface area contributed by atoms with E-state index in [1.54, 1.807) is 0 Å². The lowest BCUT2D eigenvalue weighted by Gasteiger charge is -2.25. The Labute approximate surface area is 112 Å². The van der Waals surface area contributed by atoms with Crippen LogP contribution < -0.4 is 10.5 Å². The van der Waals surface area contributed by atoms with Crippen molar-refractivity contribution in [3.8, 4) is 5.75 Å². The molecule has 1 aliphatic heterocycles. The molecule has 1 fully saturated rings. The zero-order valence-corrected chi connectivity index (χ0v) is 11.3. The summed E-state index contributed by atoms with van der Waals surface area (Å²) in [6.07, 6.45) is 0.946. The van der Waals surface area contributed by atoms with Gasteiger partial charge < -0.3 is 19.8 Å². The quantitative estimate of drug-likeness (QED) is 0.919. The molecule has 1 unspecified atom stereocenters. The van der Waals surface area contributed by atoms with Crippen molar-refractivity contribution in [2.45, 2.75) is 25.8 Å². The molecule has 0 radical (unpaired) electrons. The molecule has 0 aliphatic carbocycles. The Kier molecular flexibility index (Phi) is 2.86. The van der Waals surface area contributed by atoms with Gasteiger partial charge in [0.1, 0.15) is 11.3 Å². The van der Waals surface area contributed by atoms with Crippen molar-refractivity contribution in [1.82, 2.24) is 9.55 Å². The van der Waals surface area contributed by atoms with Gasteiger partial charge in [-0.15, -0.1) is 0 Å². The Hall–Kier alpha value is -1.75. The number of imidazole rings is 1. The molecule has 0 spiro atoms. The minimum atomic E-state index is -0.121. The summed E-state index contributed by atoms with van der Waals surface area (Å²) in [5, 5.41) is 0. The van der Waals surface area contributed by atoms with Gasteiger partial charge in [0.15, 0.2) is 0 Å². The van der Waals surface area contributed by atoms with Crippen LogP contribution in [0.1, 0.15) is 20.3 Å². The molecule has 19 heavy (non-hydrogen) atoms. The van der Waals surface area contributed by atoms with Crippen molar-refractivity contribution in [3.05, 3.63) is 18.2 Å². The third kappa shape index (κ3) is 1.85. The molecule has 0 amide bonds. The second-order valence-corrected chi connectivity index (χ2v) is 5.16. The first kappa shape index (κ1) is 12.3. The largest absolute Gasteiger partial charge is 0.492 e. The number of aromatic nitrogens is 2. The Bertz CT molecular complexity index is 600. The third-order valence-electron chi connectivity index (χ3n) is 3.71. The van der Waals surface area contributed by atoms with E-state index in [1.165, 1.54) is 0 Å². The molecular weight excluding hydrogens is 242 g/mol. The van der Waals surface area contributed by atoms with E-state index in [4.69, 9.17) is 15.2 Å². The van der Waals surface area contributed by atoms with E-state index in [1.807, 2.05) is 25.1 Å². The van der Waals surface area contributed by atoms with E-state index in [0.29, 0.717) is 19.2 Å². The number of anilines is 1. The Balaban J connectivity index is 2.20. The highest BCUT2D eigenvalue weighted by Gasteiger charge is 2.34. The number of benzene rings is 1. The van der Waals surface area contributed by atoms with Gasteiger partial charge >= 0.3 is 0 Å². The van der Waals surface area contributed by atoms with E-state index < -0.39 is 0 Å². The fourth-order valence-corrected chi connectivity index (χ4v) is 2.76. The monoisotopic (exact) mass is 261 g/mol. The second-order valence-electron chi connectivity index (χ2n) is 5.16. The molecule has 2 N–H and O–H groups in total. The summed E-state index contributed by atoms with van der Waals surface area (Å²) in [7, 11) is 0. The number of nitrogens with zero attached hydrogens (tertiary/aromatic N) is 2. The zero-order chi connectivity index (χ0) is 13.5. The van der Waals surface area contributed by atoms with Crippen LogP contribution in [-0.2, 0) is 10.3 Å². The van der Waals surface area contributed by atoms with Crippen molar-refractivity contribution in [2.24, 2.45) is 0 Å². The lowest BCUT2D eigenvalue weighted by Crippen LogP contribution is -2.31. The van der Waals surface area contributed by atoms with Gasteiger partial charge in [-0.3, -0.25) is 0 Å². The molecule has 2 heterocycles. The van der Waals surface area contributed by atoms with Crippen LogP contribution in [0.5, 0.6) is 5.75 Å². The third-order valence-corrected chi connectivity index (χ3v) is 3.71. The van der Waals surface area contributed by atoms with Crippen molar-refractivity contribution < 1.29 is 9.47 Å². The molecule has 1 atom stereocenters. The van der Waals surface area contributed by atoms with Crippen LogP contribution in [0.15, 0.2) is 18.2 Å². The van der Waals surface area contributed by atoms with Crippen molar-refractivity contribution in [3.63, 3.8) is 0 Å². The van der Waals surface area contributed by atoms with Gasteiger partial charge in [-0.2, -0.15) is 0 Å². The number of para-hydroxylation sites is 1. The van der Waals surface area contributed by atoms with Crippen LogP contribution in [0.3, 0.4) is 0 Å². The average Bonchev–Trinajstić information content (AvgIpc) is 2.94. The van der Waals surface area contributed by atoms with Gasteiger partial charge in [0.05, 0.1) is 24.3 Å². The first-order chi connectivity index (χ1) is 9.15. The molecule has 102 valence electrons. The summed E-state index contributed by atoms with van der Waals surface area (Å²) in [4.78, 5) is 4.48. The number of nitrogens with two attached hydrogens (primary N) is 1.